The van der Waals surface area contributed by atoms with Gasteiger partial charge in [0.25, 0.3) is 5.91 Å². The van der Waals surface area contributed by atoms with E-state index in [1.807, 2.05) is 18.2 Å². The van der Waals surface area contributed by atoms with Crippen molar-refractivity contribution in [1.82, 2.24) is 4.98 Å². The predicted molar refractivity (Wildman–Crippen MR) is 106 cm³/mol. The van der Waals surface area contributed by atoms with Crippen LogP contribution < -0.4 is 15.4 Å². The second-order valence-corrected chi connectivity index (χ2v) is 6.12. The van der Waals surface area contributed by atoms with Gasteiger partial charge in [0.05, 0.1) is 23.9 Å². The van der Waals surface area contributed by atoms with Crippen LogP contribution >= 0.6 is 0 Å². The van der Waals surface area contributed by atoms with Crippen LogP contribution in [0.3, 0.4) is 0 Å². The Kier molecular flexibility index (Phi) is 5.35. The maximum absolute atomic E-state index is 12.8. The number of carbonyl (C=O) groups is 2. The van der Waals surface area contributed by atoms with Crippen LogP contribution in [0.1, 0.15) is 29.4 Å². The van der Waals surface area contributed by atoms with Gasteiger partial charge in [-0.15, -0.1) is 0 Å². The number of aryl methyl sites for hydroxylation is 1. The second-order valence-electron chi connectivity index (χ2n) is 6.12. The van der Waals surface area contributed by atoms with Gasteiger partial charge in [0.2, 0.25) is 5.91 Å². The van der Waals surface area contributed by atoms with Crippen LogP contribution in [0, 0.1) is 6.92 Å². The molecule has 2 amide bonds. The molecule has 6 nitrogen and oxygen atoms in total. The van der Waals surface area contributed by atoms with Crippen molar-refractivity contribution in [1.29, 1.82) is 0 Å². The van der Waals surface area contributed by atoms with Crippen molar-refractivity contribution in [2.75, 3.05) is 17.7 Å². The molecule has 6 heteroatoms. The molecule has 0 bridgehead atoms. The van der Waals surface area contributed by atoms with Crippen LogP contribution in [-0.4, -0.2) is 23.9 Å². The summed E-state index contributed by atoms with van der Waals surface area (Å²) in [6.45, 7) is 3.59. The van der Waals surface area contributed by atoms with Crippen LogP contribution in [0.15, 0.2) is 48.5 Å². The van der Waals surface area contributed by atoms with Crippen molar-refractivity contribution < 1.29 is 14.3 Å². The highest BCUT2D eigenvalue weighted by Crippen LogP contribution is 2.23. The first-order valence-corrected chi connectivity index (χ1v) is 8.67. The van der Waals surface area contributed by atoms with E-state index < -0.39 is 0 Å². The van der Waals surface area contributed by atoms with Gasteiger partial charge < -0.3 is 15.4 Å². The molecule has 0 spiro atoms. The Morgan fingerprint density at radius 1 is 1.04 bits per heavy atom. The number of carbonyl (C=O) groups excluding carboxylic acids is 2. The molecule has 0 atom stereocenters. The first kappa shape index (κ1) is 18.4. The molecule has 0 aliphatic heterocycles. The molecule has 2 N–H and O–H groups in total. The van der Waals surface area contributed by atoms with E-state index in [0.29, 0.717) is 34.8 Å². The minimum Gasteiger partial charge on any atom is -0.497 e. The van der Waals surface area contributed by atoms with Gasteiger partial charge in [-0.2, -0.15) is 0 Å². The number of nitrogens with zero attached hydrogens (tertiary/aromatic N) is 1. The summed E-state index contributed by atoms with van der Waals surface area (Å²) < 4.78 is 5.24. The number of nitrogens with one attached hydrogen (secondary N) is 2. The first-order valence-electron chi connectivity index (χ1n) is 8.67. The Hall–Kier alpha value is -3.41. The van der Waals surface area contributed by atoms with Crippen LogP contribution in [0.5, 0.6) is 5.75 Å². The van der Waals surface area contributed by atoms with E-state index in [1.54, 1.807) is 51.3 Å². The van der Waals surface area contributed by atoms with Crippen molar-refractivity contribution in [3.63, 3.8) is 0 Å². The SMILES string of the molecule is CCC(=O)Nc1cccc(NC(=O)c2cc3cc(OC)ccc3nc2C)c1. The predicted octanol–water partition coefficient (Wildman–Crippen LogP) is 4.15. The third kappa shape index (κ3) is 4.23. The van der Waals surface area contributed by atoms with Crippen molar-refractivity contribution in [3.05, 3.63) is 59.8 Å². The number of methoxy groups -OCH3 is 1. The molecule has 1 aromatic heterocycles. The van der Waals surface area contributed by atoms with Gasteiger partial charge in [-0.3, -0.25) is 14.6 Å². The van der Waals surface area contributed by atoms with Crippen molar-refractivity contribution in [3.8, 4) is 5.75 Å². The topological polar surface area (TPSA) is 80.3 Å². The molecule has 1 heterocycles. The zero-order valence-electron chi connectivity index (χ0n) is 15.5. The van der Waals surface area contributed by atoms with Gasteiger partial charge >= 0.3 is 0 Å². The third-order valence-electron chi connectivity index (χ3n) is 4.18. The number of rotatable bonds is 5. The van der Waals surface area contributed by atoms with Crippen LogP contribution in [0.25, 0.3) is 10.9 Å². The monoisotopic (exact) mass is 363 g/mol. The summed E-state index contributed by atoms with van der Waals surface area (Å²) in [5.41, 5.74) is 3.16. The molecule has 2 aromatic carbocycles. The van der Waals surface area contributed by atoms with E-state index in [0.717, 1.165) is 10.9 Å². The molecule has 0 aliphatic rings. The van der Waals surface area contributed by atoms with Gasteiger partial charge in [-0.1, -0.05) is 13.0 Å². The number of benzene rings is 2. The number of ether oxygens (including phenoxy) is 1. The van der Waals surface area contributed by atoms with E-state index in [2.05, 4.69) is 15.6 Å². The van der Waals surface area contributed by atoms with E-state index in [1.165, 1.54) is 0 Å². The maximum atomic E-state index is 12.8. The molecule has 0 aliphatic carbocycles. The summed E-state index contributed by atoms with van der Waals surface area (Å²) in [4.78, 5) is 28.8. The molecule has 0 saturated carbocycles. The molecule has 27 heavy (non-hydrogen) atoms. The van der Waals surface area contributed by atoms with Gasteiger partial charge in [0.1, 0.15) is 5.75 Å². The molecule has 138 valence electrons. The Labute approximate surface area is 157 Å². The van der Waals surface area contributed by atoms with Crippen molar-refractivity contribution in [2.45, 2.75) is 20.3 Å². The number of hydrogen-bond donors (Lipinski definition) is 2. The highest BCUT2D eigenvalue weighted by atomic mass is 16.5. The van der Waals surface area contributed by atoms with Crippen LogP contribution in [-0.2, 0) is 4.79 Å². The highest BCUT2D eigenvalue weighted by Gasteiger charge is 2.13. The number of fused-ring (bicyclic) bond motifs is 1. The van der Waals surface area contributed by atoms with Gasteiger partial charge in [-0.05, 0) is 49.4 Å². The molecule has 0 fully saturated rings. The normalized spacial score (nSPS) is 10.5. The van der Waals surface area contributed by atoms with E-state index in [9.17, 15) is 9.59 Å². The van der Waals surface area contributed by atoms with E-state index in [-0.39, 0.29) is 11.8 Å². The second kappa shape index (κ2) is 7.86. The Balaban J connectivity index is 1.86. The van der Waals surface area contributed by atoms with Gasteiger partial charge in [0, 0.05) is 23.2 Å². The Bertz CT molecular complexity index is 1010. The van der Waals surface area contributed by atoms with Crippen molar-refractivity contribution in [2.24, 2.45) is 0 Å². The lowest BCUT2D eigenvalue weighted by Crippen LogP contribution is -2.15. The number of amides is 2. The summed E-state index contributed by atoms with van der Waals surface area (Å²) in [6.07, 6.45) is 0.391. The summed E-state index contributed by atoms with van der Waals surface area (Å²) in [6, 6.07) is 14.4. The minimum atomic E-state index is -0.260. The zero-order valence-corrected chi connectivity index (χ0v) is 15.5. The Morgan fingerprint density at radius 3 is 2.48 bits per heavy atom. The standard InChI is InChI=1S/C21H21N3O3/c1-4-20(25)23-15-6-5-7-16(12-15)24-21(26)18-11-14-10-17(27-3)8-9-19(14)22-13(18)2/h5-12H,4H2,1-3H3,(H,23,25)(H,24,26). The highest BCUT2D eigenvalue weighted by molar-refractivity contribution is 6.07. The lowest BCUT2D eigenvalue weighted by molar-refractivity contribution is -0.115. The molecule has 3 rings (SSSR count). The average molecular weight is 363 g/mol. The fraction of sp³-hybridized carbons (Fsp3) is 0.190. The smallest absolute Gasteiger partial charge is 0.257 e. The lowest BCUT2D eigenvalue weighted by Gasteiger charge is -2.11. The maximum Gasteiger partial charge on any atom is 0.257 e. The molecule has 0 unspecified atom stereocenters. The summed E-state index contributed by atoms with van der Waals surface area (Å²) in [5.74, 6) is 0.365. The average Bonchev–Trinajstić information content (AvgIpc) is 2.67. The summed E-state index contributed by atoms with van der Waals surface area (Å²) in [5, 5.41) is 6.47. The van der Waals surface area contributed by atoms with Gasteiger partial charge in [0.15, 0.2) is 0 Å². The third-order valence-corrected chi connectivity index (χ3v) is 4.18. The number of anilines is 2. The van der Waals surface area contributed by atoms with E-state index >= 15 is 0 Å². The summed E-state index contributed by atoms with van der Waals surface area (Å²) in [7, 11) is 1.60. The molecule has 0 radical (unpaired) electrons. The van der Waals surface area contributed by atoms with Gasteiger partial charge in [-0.25, -0.2) is 0 Å². The van der Waals surface area contributed by atoms with Crippen LogP contribution in [0.2, 0.25) is 0 Å². The fourth-order valence-corrected chi connectivity index (χ4v) is 2.73. The molecular weight excluding hydrogens is 342 g/mol. The Morgan fingerprint density at radius 2 is 1.78 bits per heavy atom. The molecule has 3 aromatic rings. The number of pyridine rings is 1. The first-order chi connectivity index (χ1) is 13.0. The zero-order chi connectivity index (χ0) is 19.4. The molecular formula is C21H21N3O3. The number of hydrogen-bond acceptors (Lipinski definition) is 4. The minimum absolute atomic E-state index is 0.0815. The van der Waals surface area contributed by atoms with Crippen LogP contribution in [0.4, 0.5) is 11.4 Å². The number of aromatic nitrogens is 1. The summed E-state index contributed by atoms with van der Waals surface area (Å²) >= 11 is 0. The molecule has 0 saturated heterocycles. The lowest BCUT2D eigenvalue weighted by atomic mass is 10.1. The van der Waals surface area contributed by atoms with Crippen molar-refractivity contribution >= 4 is 34.1 Å². The fourth-order valence-electron chi connectivity index (χ4n) is 2.73. The van der Waals surface area contributed by atoms with E-state index in [4.69, 9.17) is 4.74 Å². The quantitative estimate of drug-likeness (QED) is 0.713. The largest absolute Gasteiger partial charge is 0.497 e.